The molecule has 126 valence electrons. The Bertz CT molecular complexity index is 694. The SMILES string of the molecule is Cc1cccc(C)c1NC(=O)CN(C)C(=O)CNc1ccccc1. The van der Waals surface area contributed by atoms with Gasteiger partial charge in [-0.15, -0.1) is 0 Å². The van der Waals surface area contributed by atoms with Crippen LogP contribution in [0.4, 0.5) is 11.4 Å². The Balaban J connectivity index is 1.85. The quantitative estimate of drug-likeness (QED) is 0.858. The van der Waals surface area contributed by atoms with Crippen LogP contribution in [0.25, 0.3) is 0 Å². The van der Waals surface area contributed by atoms with E-state index in [1.54, 1.807) is 7.05 Å². The maximum Gasteiger partial charge on any atom is 0.243 e. The summed E-state index contributed by atoms with van der Waals surface area (Å²) in [7, 11) is 1.62. The van der Waals surface area contributed by atoms with Crippen molar-refractivity contribution in [2.45, 2.75) is 13.8 Å². The third kappa shape index (κ3) is 4.84. The van der Waals surface area contributed by atoms with Gasteiger partial charge in [0.2, 0.25) is 11.8 Å². The fraction of sp³-hybridized carbons (Fsp3) is 0.263. The Morgan fingerprint density at radius 3 is 2.21 bits per heavy atom. The Labute approximate surface area is 142 Å². The van der Waals surface area contributed by atoms with E-state index in [9.17, 15) is 9.59 Å². The van der Waals surface area contributed by atoms with Gasteiger partial charge in [0.25, 0.3) is 0 Å². The molecule has 2 N–H and O–H groups in total. The van der Waals surface area contributed by atoms with Gasteiger partial charge in [0.05, 0.1) is 13.1 Å². The summed E-state index contributed by atoms with van der Waals surface area (Å²) >= 11 is 0. The van der Waals surface area contributed by atoms with Crippen LogP contribution >= 0.6 is 0 Å². The predicted molar refractivity (Wildman–Crippen MR) is 97.1 cm³/mol. The molecular weight excluding hydrogens is 302 g/mol. The Hall–Kier alpha value is -2.82. The lowest BCUT2D eigenvalue weighted by Gasteiger charge is -2.18. The van der Waals surface area contributed by atoms with E-state index >= 15 is 0 Å². The third-order valence-corrected chi connectivity index (χ3v) is 3.77. The molecule has 0 heterocycles. The first kappa shape index (κ1) is 17.5. The molecule has 2 rings (SSSR count). The monoisotopic (exact) mass is 325 g/mol. The second kappa shape index (κ2) is 8.15. The van der Waals surface area contributed by atoms with E-state index in [1.807, 2.05) is 62.4 Å². The molecule has 0 atom stereocenters. The van der Waals surface area contributed by atoms with Crippen LogP contribution in [-0.2, 0) is 9.59 Å². The first-order valence-electron chi connectivity index (χ1n) is 7.86. The Morgan fingerprint density at radius 1 is 0.958 bits per heavy atom. The van der Waals surface area contributed by atoms with Crippen LogP contribution in [0, 0.1) is 13.8 Å². The van der Waals surface area contributed by atoms with Crippen molar-refractivity contribution in [3.8, 4) is 0 Å². The first-order valence-corrected chi connectivity index (χ1v) is 7.86. The highest BCUT2D eigenvalue weighted by molar-refractivity contribution is 5.96. The molecule has 2 aromatic carbocycles. The highest BCUT2D eigenvalue weighted by Gasteiger charge is 2.14. The van der Waals surface area contributed by atoms with Crippen molar-refractivity contribution in [3.63, 3.8) is 0 Å². The van der Waals surface area contributed by atoms with Crippen LogP contribution in [0.1, 0.15) is 11.1 Å². The molecule has 0 fully saturated rings. The van der Waals surface area contributed by atoms with Crippen LogP contribution in [0.15, 0.2) is 48.5 Å². The summed E-state index contributed by atoms with van der Waals surface area (Å²) in [6.07, 6.45) is 0. The molecule has 0 aliphatic rings. The highest BCUT2D eigenvalue weighted by Crippen LogP contribution is 2.19. The van der Waals surface area contributed by atoms with Crippen molar-refractivity contribution in [1.29, 1.82) is 0 Å². The van der Waals surface area contributed by atoms with E-state index < -0.39 is 0 Å². The van der Waals surface area contributed by atoms with Gasteiger partial charge in [0.15, 0.2) is 0 Å². The molecule has 5 nitrogen and oxygen atoms in total. The maximum atomic E-state index is 12.2. The van der Waals surface area contributed by atoms with Gasteiger partial charge in [-0.2, -0.15) is 0 Å². The third-order valence-electron chi connectivity index (χ3n) is 3.77. The fourth-order valence-electron chi connectivity index (χ4n) is 2.36. The second-order valence-corrected chi connectivity index (χ2v) is 5.78. The molecule has 2 amide bonds. The van der Waals surface area contributed by atoms with Crippen molar-refractivity contribution in [2.75, 3.05) is 30.8 Å². The lowest BCUT2D eigenvalue weighted by molar-refractivity contribution is -0.131. The first-order chi connectivity index (χ1) is 11.5. The van der Waals surface area contributed by atoms with E-state index in [-0.39, 0.29) is 24.9 Å². The van der Waals surface area contributed by atoms with E-state index in [1.165, 1.54) is 4.90 Å². The lowest BCUT2D eigenvalue weighted by atomic mass is 10.1. The van der Waals surface area contributed by atoms with Gasteiger partial charge in [-0.1, -0.05) is 36.4 Å². The van der Waals surface area contributed by atoms with Gasteiger partial charge in [0, 0.05) is 18.4 Å². The Morgan fingerprint density at radius 2 is 1.58 bits per heavy atom. The van der Waals surface area contributed by atoms with E-state index in [4.69, 9.17) is 0 Å². The fourth-order valence-corrected chi connectivity index (χ4v) is 2.36. The molecule has 24 heavy (non-hydrogen) atoms. The summed E-state index contributed by atoms with van der Waals surface area (Å²) in [5.41, 5.74) is 3.69. The maximum absolute atomic E-state index is 12.2. The predicted octanol–water partition coefficient (Wildman–Crippen LogP) is 2.81. The largest absolute Gasteiger partial charge is 0.376 e. The van der Waals surface area contributed by atoms with Gasteiger partial charge >= 0.3 is 0 Å². The lowest BCUT2D eigenvalue weighted by Crippen LogP contribution is -2.38. The minimum Gasteiger partial charge on any atom is -0.376 e. The van der Waals surface area contributed by atoms with Gasteiger partial charge in [-0.3, -0.25) is 9.59 Å². The number of likely N-dealkylation sites (N-methyl/N-ethyl adjacent to an activating group) is 1. The highest BCUT2D eigenvalue weighted by atomic mass is 16.2. The van der Waals surface area contributed by atoms with Crippen molar-refractivity contribution in [3.05, 3.63) is 59.7 Å². The number of hydrogen-bond donors (Lipinski definition) is 2. The molecule has 0 saturated carbocycles. The van der Waals surface area contributed by atoms with Crippen LogP contribution in [0.5, 0.6) is 0 Å². The van der Waals surface area contributed by atoms with Crippen LogP contribution < -0.4 is 10.6 Å². The van der Waals surface area contributed by atoms with Crippen LogP contribution in [0.2, 0.25) is 0 Å². The molecular formula is C19H23N3O2. The zero-order chi connectivity index (χ0) is 17.5. The van der Waals surface area contributed by atoms with Crippen molar-refractivity contribution < 1.29 is 9.59 Å². The summed E-state index contributed by atoms with van der Waals surface area (Å²) in [6.45, 7) is 4.06. The molecule has 0 radical (unpaired) electrons. The second-order valence-electron chi connectivity index (χ2n) is 5.78. The number of benzene rings is 2. The number of anilines is 2. The minimum absolute atomic E-state index is 0.0169. The average Bonchev–Trinajstić information content (AvgIpc) is 2.57. The summed E-state index contributed by atoms with van der Waals surface area (Å²) in [6, 6.07) is 15.3. The van der Waals surface area contributed by atoms with Crippen molar-refractivity contribution in [2.24, 2.45) is 0 Å². The molecule has 0 bridgehead atoms. The molecule has 5 heteroatoms. The zero-order valence-electron chi connectivity index (χ0n) is 14.3. The van der Waals surface area contributed by atoms with Crippen LogP contribution in [0.3, 0.4) is 0 Å². The average molecular weight is 325 g/mol. The Kier molecular flexibility index (Phi) is 5.95. The van der Waals surface area contributed by atoms with Gasteiger partial charge in [-0.05, 0) is 37.1 Å². The molecule has 0 aliphatic carbocycles. The number of carbonyl (C=O) groups excluding carboxylic acids is 2. The molecule has 0 aromatic heterocycles. The van der Waals surface area contributed by atoms with E-state index in [0.29, 0.717) is 0 Å². The normalized spacial score (nSPS) is 10.1. The topological polar surface area (TPSA) is 61.4 Å². The number of para-hydroxylation sites is 2. The van der Waals surface area contributed by atoms with Crippen molar-refractivity contribution >= 4 is 23.2 Å². The minimum atomic E-state index is -0.206. The molecule has 0 saturated heterocycles. The van der Waals surface area contributed by atoms with Gasteiger partial charge in [0.1, 0.15) is 0 Å². The molecule has 0 unspecified atom stereocenters. The van der Waals surface area contributed by atoms with Crippen molar-refractivity contribution in [1.82, 2.24) is 4.90 Å². The summed E-state index contributed by atoms with van der Waals surface area (Å²) in [4.78, 5) is 25.7. The molecule has 0 spiro atoms. The smallest absolute Gasteiger partial charge is 0.243 e. The van der Waals surface area contributed by atoms with E-state index in [2.05, 4.69) is 10.6 Å². The summed E-state index contributed by atoms with van der Waals surface area (Å²) < 4.78 is 0. The number of nitrogens with one attached hydrogen (secondary N) is 2. The number of carbonyl (C=O) groups is 2. The van der Waals surface area contributed by atoms with Gasteiger partial charge < -0.3 is 15.5 Å². The number of hydrogen-bond acceptors (Lipinski definition) is 3. The number of nitrogens with zero attached hydrogens (tertiary/aromatic N) is 1. The number of rotatable bonds is 6. The molecule has 2 aromatic rings. The van der Waals surface area contributed by atoms with Gasteiger partial charge in [-0.25, -0.2) is 0 Å². The summed E-state index contributed by atoms with van der Waals surface area (Å²) in [5.74, 6) is -0.349. The van der Waals surface area contributed by atoms with E-state index in [0.717, 1.165) is 22.5 Å². The zero-order valence-corrected chi connectivity index (χ0v) is 14.3. The van der Waals surface area contributed by atoms with Crippen LogP contribution in [-0.4, -0.2) is 36.9 Å². The standard InChI is InChI=1S/C19H23N3O2/c1-14-8-7-9-15(2)19(14)21-17(23)13-22(3)18(24)12-20-16-10-5-4-6-11-16/h4-11,20H,12-13H2,1-3H3,(H,21,23). The molecule has 0 aliphatic heterocycles. The number of aryl methyl sites for hydroxylation is 2. The number of amides is 2. The summed E-state index contributed by atoms with van der Waals surface area (Å²) in [5, 5.41) is 5.93.